The lowest BCUT2D eigenvalue weighted by molar-refractivity contribution is -0.127. The molecule has 2 heterocycles. The molecule has 21 heavy (non-hydrogen) atoms. The highest BCUT2D eigenvalue weighted by molar-refractivity contribution is 7.91. The molecule has 1 unspecified atom stereocenters. The van der Waals surface area contributed by atoms with Crippen molar-refractivity contribution in [3.05, 3.63) is 0 Å². The zero-order valence-electron chi connectivity index (χ0n) is 11.9. The fourth-order valence-electron chi connectivity index (χ4n) is 2.88. The number of hydrogen-bond donors (Lipinski definition) is 2. The van der Waals surface area contributed by atoms with Gasteiger partial charge >= 0.3 is 0 Å². The number of piperidine rings is 1. The Bertz CT molecular complexity index is 622. The van der Waals surface area contributed by atoms with Crippen molar-refractivity contribution >= 4 is 26.0 Å². The van der Waals surface area contributed by atoms with E-state index < -0.39 is 25.6 Å². The SMILES string of the molecule is CC1(NC(=O)C2CCN(S(N)(=O)=O)CC2)CCS(=O)(=O)C1. The lowest BCUT2D eigenvalue weighted by atomic mass is 9.94. The second-order valence-corrected chi connectivity index (χ2v) is 9.84. The smallest absolute Gasteiger partial charge is 0.276 e. The van der Waals surface area contributed by atoms with Crippen LogP contribution in [-0.2, 0) is 24.8 Å². The maximum Gasteiger partial charge on any atom is 0.276 e. The molecule has 2 saturated heterocycles. The summed E-state index contributed by atoms with van der Waals surface area (Å²) in [7, 11) is -6.78. The summed E-state index contributed by atoms with van der Waals surface area (Å²) in [5.74, 6) is -0.457. The predicted molar refractivity (Wildman–Crippen MR) is 77.2 cm³/mol. The number of amides is 1. The molecule has 0 spiro atoms. The summed E-state index contributed by atoms with van der Waals surface area (Å²) < 4.78 is 46.6. The van der Waals surface area contributed by atoms with E-state index in [0.717, 1.165) is 4.31 Å². The van der Waals surface area contributed by atoms with Gasteiger partial charge in [0.2, 0.25) is 5.91 Å². The lowest BCUT2D eigenvalue weighted by Gasteiger charge is -2.32. The molecular formula is C11H21N3O5S2. The summed E-state index contributed by atoms with van der Waals surface area (Å²) in [5.41, 5.74) is -0.715. The highest BCUT2D eigenvalue weighted by Crippen LogP contribution is 2.25. The van der Waals surface area contributed by atoms with Gasteiger partial charge in [-0.3, -0.25) is 4.79 Å². The molecule has 3 N–H and O–H groups in total. The first-order chi connectivity index (χ1) is 9.51. The van der Waals surface area contributed by atoms with Gasteiger partial charge in [-0.25, -0.2) is 13.6 Å². The maximum atomic E-state index is 12.2. The van der Waals surface area contributed by atoms with E-state index in [9.17, 15) is 21.6 Å². The number of rotatable bonds is 3. The standard InChI is InChI=1S/C11H21N3O5S2/c1-11(4-7-20(16,17)8-11)13-10(15)9-2-5-14(6-3-9)21(12,18)19/h9H,2-8H2,1H3,(H,13,15)(H2,12,18,19). The van der Waals surface area contributed by atoms with Gasteiger partial charge in [0, 0.05) is 19.0 Å². The largest absolute Gasteiger partial charge is 0.350 e. The van der Waals surface area contributed by atoms with E-state index in [1.165, 1.54) is 0 Å². The Morgan fingerprint density at radius 1 is 1.33 bits per heavy atom. The van der Waals surface area contributed by atoms with Crippen molar-refractivity contribution in [1.29, 1.82) is 0 Å². The van der Waals surface area contributed by atoms with E-state index in [1.807, 2.05) is 0 Å². The summed E-state index contributed by atoms with van der Waals surface area (Å²) in [6, 6.07) is 0. The zero-order chi connectivity index (χ0) is 15.9. The van der Waals surface area contributed by atoms with Crippen LogP contribution in [0.25, 0.3) is 0 Å². The molecule has 1 amide bonds. The van der Waals surface area contributed by atoms with Gasteiger partial charge in [-0.15, -0.1) is 0 Å². The van der Waals surface area contributed by atoms with Crippen molar-refractivity contribution in [2.45, 2.75) is 31.7 Å². The van der Waals surface area contributed by atoms with E-state index in [4.69, 9.17) is 5.14 Å². The predicted octanol–water partition coefficient (Wildman–Crippen LogP) is -1.40. The zero-order valence-corrected chi connectivity index (χ0v) is 13.5. The Kier molecular flexibility index (Phi) is 4.35. The minimum absolute atomic E-state index is 0.0399. The first-order valence-corrected chi connectivity index (χ1v) is 10.1. The van der Waals surface area contributed by atoms with Crippen LogP contribution in [-0.4, -0.2) is 57.2 Å². The quantitative estimate of drug-likeness (QED) is 0.653. The van der Waals surface area contributed by atoms with Crippen LogP contribution in [0.1, 0.15) is 26.2 Å². The van der Waals surface area contributed by atoms with Gasteiger partial charge in [0.15, 0.2) is 9.84 Å². The van der Waals surface area contributed by atoms with Crippen LogP contribution in [0.4, 0.5) is 0 Å². The number of carbonyl (C=O) groups excluding carboxylic acids is 1. The molecule has 8 nitrogen and oxygen atoms in total. The van der Waals surface area contributed by atoms with E-state index in [1.54, 1.807) is 6.92 Å². The number of hydrogen-bond acceptors (Lipinski definition) is 5. The van der Waals surface area contributed by atoms with Crippen LogP contribution in [0.15, 0.2) is 0 Å². The maximum absolute atomic E-state index is 12.2. The van der Waals surface area contributed by atoms with Crippen molar-refractivity contribution in [2.24, 2.45) is 11.1 Å². The Morgan fingerprint density at radius 2 is 1.90 bits per heavy atom. The molecule has 2 fully saturated rings. The molecule has 0 aliphatic carbocycles. The number of nitrogens with two attached hydrogens (primary N) is 1. The number of carbonyl (C=O) groups is 1. The Morgan fingerprint density at radius 3 is 2.33 bits per heavy atom. The van der Waals surface area contributed by atoms with Crippen molar-refractivity contribution in [2.75, 3.05) is 24.6 Å². The highest BCUT2D eigenvalue weighted by Gasteiger charge is 2.41. The third kappa shape index (κ3) is 4.15. The lowest BCUT2D eigenvalue weighted by Crippen LogP contribution is -2.51. The molecule has 0 bridgehead atoms. The van der Waals surface area contributed by atoms with Crippen LogP contribution >= 0.6 is 0 Å². The molecule has 2 aliphatic rings. The average Bonchev–Trinajstić information content (AvgIpc) is 2.62. The molecule has 1 atom stereocenters. The normalized spacial score (nSPS) is 31.1. The summed E-state index contributed by atoms with van der Waals surface area (Å²) in [6.45, 7) is 2.16. The van der Waals surface area contributed by atoms with Crippen molar-refractivity contribution in [3.63, 3.8) is 0 Å². The minimum Gasteiger partial charge on any atom is -0.350 e. The molecule has 0 aromatic heterocycles. The Labute approximate surface area is 125 Å². The van der Waals surface area contributed by atoms with Gasteiger partial charge in [0.1, 0.15) is 0 Å². The highest BCUT2D eigenvalue weighted by atomic mass is 32.2. The molecule has 0 aromatic rings. The average molecular weight is 339 g/mol. The molecule has 10 heteroatoms. The second kappa shape index (κ2) is 5.49. The first-order valence-electron chi connectivity index (χ1n) is 6.81. The summed E-state index contributed by atoms with van der Waals surface area (Å²) >= 11 is 0. The van der Waals surface area contributed by atoms with E-state index >= 15 is 0 Å². The molecule has 122 valence electrons. The topological polar surface area (TPSA) is 127 Å². The molecule has 0 aromatic carbocycles. The molecule has 0 saturated carbocycles. The number of nitrogens with zero attached hydrogens (tertiary/aromatic N) is 1. The van der Waals surface area contributed by atoms with Gasteiger partial charge in [-0.1, -0.05) is 0 Å². The summed E-state index contributed by atoms with van der Waals surface area (Å²) in [4.78, 5) is 12.2. The van der Waals surface area contributed by atoms with Crippen LogP contribution in [0.5, 0.6) is 0 Å². The van der Waals surface area contributed by atoms with Crippen molar-refractivity contribution < 1.29 is 21.6 Å². The first kappa shape index (κ1) is 16.7. The van der Waals surface area contributed by atoms with E-state index in [0.29, 0.717) is 19.3 Å². The number of nitrogens with one attached hydrogen (secondary N) is 1. The second-order valence-electron chi connectivity index (χ2n) is 6.11. The summed E-state index contributed by atoms with van der Waals surface area (Å²) in [6.07, 6.45) is 1.20. The van der Waals surface area contributed by atoms with Gasteiger partial charge in [-0.05, 0) is 26.2 Å². The van der Waals surface area contributed by atoms with Crippen molar-refractivity contribution in [1.82, 2.24) is 9.62 Å². The monoisotopic (exact) mass is 339 g/mol. The Balaban J connectivity index is 1.91. The third-order valence-corrected chi connectivity index (χ3v) is 7.10. The Hall–Kier alpha value is -0.710. The van der Waals surface area contributed by atoms with Crippen LogP contribution in [0.3, 0.4) is 0 Å². The number of sulfone groups is 1. The van der Waals surface area contributed by atoms with Crippen molar-refractivity contribution in [3.8, 4) is 0 Å². The minimum atomic E-state index is -3.70. The summed E-state index contributed by atoms with van der Waals surface area (Å²) in [5, 5.41) is 7.86. The van der Waals surface area contributed by atoms with Gasteiger partial charge in [0.05, 0.1) is 17.0 Å². The van der Waals surface area contributed by atoms with Crippen LogP contribution < -0.4 is 10.5 Å². The molecule has 0 radical (unpaired) electrons. The van der Waals surface area contributed by atoms with Gasteiger partial charge in [-0.2, -0.15) is 12.7 Å². The van der Waals surface area contributed by atoms with Gasteiger partial charge in [0.25, 0.3) is 10.2 Å². The van der Waals surface area contributed by atoms with E-state index in [-0.39, 0.29) is 36.4 Å². The van der Waals surface area contributed by atoms with E-state index in [2.05, 4.69) is 5.32 Å². The fourth-order valence-corrected chi connectivity index (χ4v) is 5.69. The molecular weight excluding hydrogens is 318 g/mol. The fraction of sp³-hybridized carbons (Fsp3) is 0.909. The molecule has 2 aliphatic heterocycles. The third-order valence-electron chi connectivity index (χ3n) is 4.11. The molecule has 2 rings (SSSR count). The van der Waals surface area contributed by atoms with Crippen LogP contribution in [0.2, 0.25) is 0 Å². The van der Waals surface area contributed by atoms with Crippen LogP contribution in [0, 0.1) is 5.92 Å². The van der Waals surface area contributed by atoms with Gasteiger partial charge < -0.3 is 5.32 Å².